The van der Waals surface area contributed by atoms with Crippen LogP contribution in [0.3, 0.4) is 0 Å². The Morgan fingerprint density at radius 2 is 1.29 bits per heavy atom. The monoisotopic (exact) mass is 696 g/mol. The first-order chi connectivity index (χ1) is 23.7. The Morgan fingerprint density at radius 1 is 0.755 bits per heavy atom. The number of carbonyl (C=O) groups excluding carboxylic acids is 3. The summed E-state index contributed by atoms with van der Waals surface area (Å²) in [5.74, 6) is 0.706. The fourth-order valence-corrected chi connectivity index (χ4v) is 5.46. The van der Waals surface area contributed by atoms with Crippen LogP contribution in [0.25, 0.3) is 11.1 Å². The molecule has 5 rings (SSSR count). The molecule has 1 aromatic heterocycles. The Labute approximate surface area is 293 Å². The number of phenolic OH excluding ortho intramolecular Hbond substituents is 1. The van der Waals surface area contributed by atoms with Crippen molar-refractivity contribution in [3.05, 3.63) is 134 Å². The number of benzene rings is 4. The fourth-order valence-electron chi connectivity index (χ4n) is 5.00. The lowest BCUT2D eigenvalue weighted by atomic mass is 9.92. The topological polar surface area (TPSA) is 136 Å². The molecule has 0 atom stereocenters. The van der Waals surface area contributed by atoms with Gasteiger partial charge in [-0.2, -0.15) is 5.26 Å². The van der Waals surface area contributed by atoms with Crippen LogP contribution >= 0.6 is 23.2 Å². The molecular weight excluding hydrogens is 667 g/mol. The van der Waals surface area contributed by atoms with Crippen LogP contribution in [0, 0.1) is 25.2 Å². The average Bonchev–Trinajstić information content (AvgIpc) is 3.12. The maximum Gasteiger partial charge on any atom is 0.153 e. The van der Waals surface area contributed by atoms with Crippen molar-refractivity contribution in [2.75, 3.05) is 0 Å². The first kappa shape index (κ1) is 36.2. The van der Waals surface area contributed by atoms with Crippen molar-refractivity contribution in [1.29, 1.82) is 5.26 Å². The summed E-state index contributed by atoms with van der Waals surface area (Å²) in [4.78, 5) is 34.9. The summed E-state index contributed by atoms with van der Waals surface area (Å²) in [6.45, 7) is 6.52. The molecule has 5 aromatic rings. The van der Waals surface area contributed by atoms with Gasteiger partial charge in [0.2, 0.25) is 0 Å². The molecular formula is C38H30Cl2N2O7. The molecule has 1 heterocycles. The molecule has 0 spiro atoms. The zero-order chi connectivity index (χ0) is 35.5. The van der Waals surface area contributed by atoms with E-state index < -0.39 is 0 Å². The fraction of sp³-hybridized carbons (Fsp3) is 0.132. The minimum absolute atomic E-state index is 0.0885. The summed E-state index contributed by atoms with van der Waals surface area (Å²) >= 11 is 12.7. The van der Waals surface area contributed by atoms with E-state index in [2.05, 4.69) is 4.98 Å². The summed E-state index contributed by atoms with van der Waals surface area (Å²) in [5, 5.41) is 19.7. The van der Waals surface area contributed by atoms with Crippen LogP contribution < -0.4 is 14.2 Å². The van der Waals surface area contributed by atoms with Crippen LogP contribution in [-0.2, 0) is 24.6 Å². The van der Waals surface area contributed by atoms with Crippen molar-refractivity contribution >= 4 is 42.6 Å². The number of nitriles is 1. The van der Waals surface area contributed by atoms with Crippen LogP contribution in [0.2, 0.25) is 10.0 Å². The minimum Gasteiger partial charge on any atom is -0.507 e. The molecule has 0 unspecified atom stereocenters. The number of halogens is 2. The number of hydrogen-bond donors (Lipinski definition) is 1. The van der Waals surface area contributed by atoms with E-state index in [-0.39, 0.29) is 58.2 Å². The van der Waals surface area contributed by atoms with Crippen LogP contribution in [0.15, 0.2) is 79.1 Å². The van der Waals surface area contributed by atoms with Gasteiger partial charge in [0.25, 0.3) is 0 Å². The highest BCUT2D eigenvalue weighted by molar-refractivity contribution is 6.32. The van der Waals surface area contributed by atoms with E-state index in [0.29, 0.717) is 29.4 Å². The van der Waals surface area contributed by atoms with E-state index in [1.807, 2.05) is 63.1 Å². The number of pyridine rings is 1. The maximum atomic E-state index is 11.7. The number of aromatic nitrogens is 1. The maximum absolute atomic E-state index is 11.7. The number of aldehydes is 2. The van der Waals surface area contributed by atoms with Gasteiger partial charge in [-0.25, -0.2) is 0 Å². The first-order valence-corrected chi connectivity index (χ1v) is 15.4. The molecule has 49 heavy (non-hydrogen) atoms. The number of carbonyl (C=O) groups is 3. The van der Waals surface area contributed by atoms with Crippen molar-refractivity contribution < 1.29 is 33.7 Å². The van der Waals surface area contributed by atoms with Crippen molar-refractivity contribution in [2.45, 2.75) is 33.7 Å². The molecule has 0 bridgehead atoms. The third kappa shape index (κ3) is 8.62. The highest BCUT2D eigenvalue weighted by Gasteiger charge is 2.16. The molecule has 0 fully saturated rings. The van der Waals surface area contributed by atoms with Gasteiger partial charge in [0.05, 0.1) is 26.7 Å². The second kappa shape index (κ2) is 16.9. The standard InChI is InChI=1S/C37H28Cl2N2O6.CH2O/c1-22-26(20-46-36-12-34(44)28(17-42)10-32(36)38)5-3-7-30(22)31-8-4-6-27(23(31)2)21-47-37-13-35(29(18-43)11-33(37)39)45-19-25-9-24(14-40)15-41-16-25;1-2/h3-13,15-18,44H,19-21H2,1-2H3;1H2. The number of aromatic hydroxyl groups is 1. The van der Waals surface area contributed by atoms with Crippen molar-refractivity contribution in [2.24, 2.45) is 0 Å². The van der Waals surface area contributed by atoms with E-state index >= 15 is 0 Å². The molecule has 1 N–H and O–H groups in total. The van der Waals surface area contributed by atoms with Gasteiger partial charge in [-0.05, 0) is 65.4 Å². The molecule has 0 radical (unpaired) electrons. The van der Waals surface area contributed by atoms with Gasteiger partial charge in [0, 0.05) is 30.1 Å². The van der Waals surface area contributed by atoms with Crippen molar-refractivity contribution in [3.63, 3.8) is 0 Å². The van der Waals surface area contributed by atoms with Crippen LogP contribution in [0.1, 0.15) is 54.1 Å². The Hall–Kier alpha value is -5.69. The Kier molecular flexibility index (Phi) is 12.5. The number of nitrogens with zero attached hydrogens (tertiary/aromatic N) is 2. The molecule has 0 aliphatic heterocycles. The number of ether oxygens (including phenoxy) is 3. The summed E-state index contributed by atoms with van der Waals surface area (Å²) in [6.07, 6.45) is 4.24. The molecule has 9 nitrogen and oxygen atoms in total. The van der Waals surface area contributed by atoms with E-state index in [1.165, 1.54) is 24.4 Å². The van der Waals surface area contributed by atoms with Crippen LogP contribution in [-0.4, -0.2) is 29.5 Å². The summed E-state index contributed by atoms with van der Waals surface area (Å²) in [6, 6.07) is 21.4. The largest absolute Gasteiger partial charge is 0.507 e. The zero-order valence-corrected chi connectivity index (χ0v) is 28.0. The molecule has 0 amide bonds. The third-order valence-electron chi connectivity index (χ3n) is 7.67. The number of rotatable bonds is 12. The van der Waals surface area contributed by atoms with Crippen LogP contribution in [0.5, 0.6) is 23.0 Å². The van der Waals surface area contributed by atoms with E-state index in [4.69, 9.17) is 47.5 Å². The quantitative estimate of drug-likeness (QED) is 0.127. The highest BCUT2D eigenvalue weighted by atomic mass is 35.5. The lowest BCUT2D eigenvalue weighted by Gasteiger charge is -2.18. The molecule has 0 saturated carbocycles. The van der Waals surface area contributed by atoms with Gasteiger partial charge in [0.15, 0.2) is 12.6 Å². The lowest BCUT2D eigenvalue weighted by Crippen LogP contribution is -2.03. The normalized spacial score (nSPS) is 10.3. The SMILES string of the molecule is C=O.Cc1c(COc2cc(O)c(C=O)cc2Cl)cccc1-c1cccc(COc2cc(OCc3cncc(C#N)c3)c(C=O)cc2Cl)c1C. The van der Waals surface area contributed by atoms with Gasteiger partial charge < -0.3 is 24.1 Å². The van der Waals surface area contributed by atoms with Gasteiger partial charge in [-0.1, -0.05) is 59.6 Å². The molecule has 0 aliphatic rings. The van der Waals surface area contributed by atoms with Gasteiger partial charge >= 0.3 is 0 Å². The molecule has 4 aromatic carbocycles. The lowest BCUT2D eigenvalue weighted by molar-refractivity contribution is -0.0980. The molecule has 248 valence electrons. The Balaban J connectivity index is 0.00000265. The summed E-state index contributed by atoms with van der Waals surface area (Å²) in [5.41, 5.74) is 7.31. The third-order valence-corrected chi connectivity index (χ3v) is 8.26. The van der Waals surface area contributed by atoms with E-state index in [9.17, 15) is 14.7 Å². The average molecular weight is 698 g/mol. The number of hydrogen-bond acceptors (Lipinski definition) is 9. The molecule has 0 aliphatic carbocycles. The second-order valence-corrected chi connectivity index (χ2v) is 11.5. The Morgan fingerprint density at radius 3 is 1.84 bits per heavy atom. The van der Waals surface area contributed by atoms with Crippen molar-refractivity contribution in [3.8, 4) is 40.2 Å². The zero-order valence-electron chi connectivity index (χ0n) is 26.5. The van der Waals surface area contributed by atoms with Crippen molar-refractivity contribution in [1.82, 2.24) is 4.98 Å². The predicted molar refractivity (Wildman–Crippen MR) is 186 cm³/mol. The minimum atomic E-state index is -0.205. The summed E-state index contributed by atoms with van der Waals surface area (Å²) in [7, 11) is 0. The van der Waals surface area contributed by atoms with E-state index in [0.717, 1.165) is 33.4 Å². The van der Waals surface area contributed by atoms with E-state index in [1.54, 1.807) is 18.3 Å². The van der Waals surface area contributed by atoms with Crippen LogP contribution in [0.4, 0.5) is 0 Å². The first-order valence-electron chi connectivity index (χ1n) is 14.7. The molecule has 11 heteroatoms. The number of phenols is 1. The highest BCUT2D eigenvalue weighted by Crippen LogP contribution is 2.36. The smallest absolute Gasteiger partial charge is 0.153 e. The Bertz CT molecular complexity index is 2040. The predicted octanol–water partition coefficient (Wildman–Crippen LogP) is 8.43. The van der Waals surface area contributed by atoms with Gasteiger partial charge in [-0.15, -0.1) is 0 Å². The van der Waals surface area contributed by atoms with Gasteiger partial charge in [0.1, 0.15) is 55.7 Å². The molecule has 0 saturated heterocycles. The second-order valence-electron chi connectivity index (χ2n) is 10.6. The summed E-state index contributed by atoms with van der Waals surface area (Å²) < 4.78 is 18.0. The van der Waals surface area contributed by atoms with Gasteiger partial charge in [-0.3, -0.25) is 14.6 Å².